The van der Waals surface area contributed by atoms with Crippen molar-refractivity contribution in [2.75, 3.05) is 0 Å². The third-order valence-corrected chi connectivity index (χ3v) is 17.1. The summed E-state index contributed by atoms with van der Waals surface area (Å²) in [5, 5.41) is 2.28. The summed E-state index contributed by atoms with van der Waals surface area (Å²) in [6.07, 6.45) is 0. The fourth-order valence-corrected chi connectivity index (χ4v) is 17.9. The Morgan fingerprint density at radius 2 is 1.09 bits per heavy atom. The van der Waals surface area contributed by atoms with Crippen molar-refractivity contribution < 1.29 is 12.3 Å². The van der Waals surface area contributed by atoms with Crippen molar-refractivity contribution >= 4 is 36.1 Å². The molecular formula is C17H22O3Si3. The molecule has 2 unspecified atom stereocenters. The van der Waals surface area contributed by atoms with Gasteiger partial charge in [0.15, 0.2) is 0 Å². The van der Waals surface area contributed by atoms with Gasteiger partial charge in [0.05, 0.1) is 0 Å². The Hall–Kier alpha value is -1.29. The molecule has 2 aromatic carbocycles. The molecule has 3 rings (SSSR count). The highest BCUT2D eigenvalue weighted by Crippen LogP contribution is 2.31. The fraction of sp³-hybridized carbons (Fsp3) is 0.176. The van der Waals surface area contributed by atoms with E-state index in [1.165, 1.54) is 0 Å². The van der Waals surface area contributed by atoms with Crippen LogP contribution in [0.3, 0.4) is 0 Å². The third kappa shape index (κ3) is 3.19. The number of rotatable bonds is 3. The van der Waals surface area contributed by atoms with E-state index in [1.54, 1.807) is 0 Å². The minimum absolute atomic E-state index is 1.14. The van der Waals surface area contributed by atoms with E-state index in [9.17, 15) is 0 Å². The van der Waals surface area contributed by atoms with Crippen LogP contribution in [0, 0.1) is 0 Å². The van der Waals surface area contributed by atoms with Crippen molar-refractivity contribution in [3.05, 3.63) is 72.9 Å². The Bertz CT molecular complexity index is 641. The van der Waals surface area contributed by atoms with Crippen LogP contribution in [0.4, 0.5) is 0 Å². The van der Waals surface area contributed by atoms with E-state index < -0.39 is 25.7 Å². The van der Waals surface area contributed by atoms with Gasteiger partial charge in [-0.25, -0.2) is 0 Å². The van der Waals surface area contributed by atoms with Crippen LogP contribution in [-0.4, -0.2) is 25.7 Å². The van der Waals surface area contributed by atoms with E-state index in [2.05, 4.69) is 50.5 Å². The molecule has 3 nitrogen and oxygen atoms in total. The first kappa shape index (κ1) is 16.6. The van der Waals surface area contributed by atoms with Crippen molar-refractivity contribution in [2.24, 2.45) is 0 Å². The molecule has 1 heterocycles. The molecule has 0 aliphatic carbocycles. The lowest BCUT2D eigenvalue weighted by molar-refractivity contribution is 0.252. The maximum Gasteiger partial charge on any atom is 0.352 e. The predicted octanol–water partition coefficient (Wildman–Crippen LogP) is 2.81. The van der Waals surface area contributed by atoms with E-state index in [1.807, 2.05) is 42.1 Å². The van der Waals surface area contributed by atoms with Gasteiger partial charge in [-0.2, -0.15) is 0 Å². The second-order valence-electron chi connectivity index (χ2n) is 6.15. The van der Waals surface area contributed by atoms with Crippen LogP contribution in [0.15, 0.2) is 72.9 Å². The first-order valence-corrected chi connectivity index (χ1v) is 14.8. The lowest BCUT2D eigenvalue weighted by Gasteiger charge is -2.49. The number of hydrogen-bond donors (Lipinski definition) is 0. The molecule has 0 saturated carbocycles. The Morgan fingerprint density at radius 3 is 1.43 bits per heavy atom. The van der Waals surface area contributed by atoms with Crippen LogP contribution < -0.4 is 10.4 Å². The van der Waals surface area contributed by atoms with Crippen molar-refractivity contribution in [2.45, 2.75) is 19.6 Å². The highest BCUT2D eigenvalue weighted by atomic mass is 28.5. The summed E-state index contributed by atoms with van der Waals surface area (Å²) in [4.78, 5) is 0. The standard InChI is InChI=1S/C17H22O3Si3/c1-5-21(2)18-22(3,16-12-8-6-9-13-16)20-23(4,19-21)17-14-10-7-11-15-17/h5-15H,1H2,2-4H3. The molecule has 0 radical (unpaired) electrons. The average Bonchev–Trinajstić information content (AvgIpc) is 2.56. The van der Waals surface area contributed by atoms with Crippen molar-refractivity contribution in [3.63, 3.8) is 0 Å². The monoisotopic (exact) mass is 358 g/mol. The smallest absolute Gasteiger partial charge is 0.352 e. The van der Waals surface area contributed by atoms with E-state index in [4.69, 9.17) is 12.3 Å². The van der Waals surface area contributed by atoms with Gasteiger partial charge in [-0.05, 0) is 30.0 Å². The fourth-order valence-electron chi connectivity index (χ4n) is 3.01. The number of hydrogen-bond acceptors (Lipinski definition) is 3. The topological polar surface area (TPSA) is 27.7 Å². The van der Waals surface area contributed by atoms with Crippen LogP contribution in [0.2, 0.25) is 19.6 Å². The lowest BCUT2D eigenvalue weighted by Crippen LogP contribution is -2.74. The van der Waals surface area contributed by atoms with Gasteiger partial charge in [0, 0.05) is 0 Å². The quantitative estimate of drug-likeness (QED) is 0.790. The summed E-state index contributed by atoms with van der Waals surface area (Å²) in [6.45, 7) is 10.3. The summed E-state index contributed by atoms with van der Waals surface area (Å²) >= 11 is 0. The van der Waals surface area contributed by atoms with Gasteiger partial charge in [0.1, 0.15) is 0 Å². The van der Waals surface area contributed by atoms with Gasteiger partial charge in [0.25, 0.3) is 0 Å². The molecule has 0 amide bonds. The molecule has 2 aromatic rings. The predicted molar refractivity (Wildman–Crippen MR) is 100 cm³/mol. The van der Waals surface area contributed by atoms with Crippen LogP contribution >= 0.6 is 0 Å². The Kier molecular flexibility index (Phi) is 4.30. The Labute approximate surface area is 141 Å². The van der Waals surface area contributed by atoms with E-state index in [0.717, 1.165) is 10.4 Å². The van der Waals surface area contributed by atoms with Gasteiger partial charge in [0.2, 0.25) is 0 Å². The first-order chi connectivity index (χ1) is 10.9. The SMILES string of the molecule is C=C[Si]1(C)O[Si](C)(c2ccccc2)O[Si](C)(c2ccccc2)O1. The molecule has 1 saturated heterocycles. The molecule has 1 aliphatic rings. The molecule has 6 heteroatoms. The average molecular weight is 359 g/mol. The maximum atomic E-state index is 6.65. The summed E-state index contributed by atoms with van der Waals surface area (Å²) < 4.78 is 19.6. The van der Waals surface area contributed by atoms with Crippen LogP contribution in [0.25, 0.3) is 0 Å². The Morgan fingerprint density at radius 1 is 0.696 bits per heavy atom. The largest absolute Gasteiger partial charge is 0.409 e. The summed E-state index contributed by atoms with van der Waals surface area (Å²) in [7, 11) is -7.60. The molecule has 0 bridgehead atoms. The zero-order valence-electron chi connectivity index (χ0n) is 13.8. The molecule has 0 N–H and O–H groups in total. The minimum atomic E-state index is -2.56. The van der Waals surface area contributed by atoms with E-state index >= 15 is 0 Å². The van der Waals surface area contributed by atoms with Gasteiger partial charge in [-0.15, -0.1) is 6.58 Å². The Balaban J connectivity index is 2.08. The summed E-state index contributed by atoms with van der Waals surface area (Å²) in [5.41, 5.74) is 1.87. The minimum Gasteiger partial charge on any atom is -0.409 e. The molecule has 0 spiro atoms. The highest BCUT2D eigenvalue weighted by Gasteiger charge is 2.57. The summed E-state index contributed by atoms with van der Waals surface area (Å²) in [6, 6.07) is 20.5. The van der Waals surface area contributed by atoms with Crippen LogP contribution in [0.1, 0.15) is 0 Å². The molecular weight excluding hydrogens is 336 g/mol. The second-order valence-corrected chi connectivity index (χ2v) is 16.0. The summed E-state index contributed by atoms with van der Waals surface area (Å²) in [5.74, 6) is 0. The van der Waals surface area contributed by atoms with Crippen LogP contribution in [0.5, 0.6) is 0 Å². The van der Waals surface area contributed by atoms with Gasteiger partial charge in [-0.1, -0.05) is 66.4 Å². The second kappa shape index (κ2) is 5.97. The van der Waals surface area contributed by atoms with Crippen LogP contribution in [-0.2, 0) is 12.3 Å². The molecule has 120 valence electrons. The van der Waals surface area contributed by atoms with Crippen molar-refractivity contribution in [1.82, 2.24) is 0 Å². The van der Waals surface area contributed by atoms with E-state index in [0.29, 0.717) is 0 Å². The van der Waals surface area contributed by atoms with E-state index in [-0.39, 0.29) is 0 Å². The molecule has 1 aliphatic heterocycles. The van der Waals surface area contributed by atoms with Gasteiger partial charge >= 0.3 is 25.7 Å². The number of benzene rings is 2. The maximum absolute atomic E-state index is 6.65. The highest BCUT2D eigenvalue weighted by molar-refractivity contribution is 7.03. The molecule has 2 atom stereocenters. The van der Waals surface area contributed by atoms with Gasteiger partial charge in [-0.3, -0.25) is 0 Å². The first-order valence-electron chi connectivity index (χ1n) is 7.74. The zero-order chi connectivity index (χ0) is 16.6. The molecule has 23 heavy (non-hydrogen) atoms. The molecule has 1 fully saturated rings. The lowest BCUT2D eigenvalue weighted by atomic mass is 10.4. The third-order valence-electron chi connectivity index (χ3n) is 4.15. The van der Waals surface area contributed by atoms with Crippen molar-refractivity contribution in [3.8, 4) is 0 Å². The van der Waals surface area contributed by atoms with Crippen molar-refractivity contribution in [1.29, 1.82) is 0 Å². The zero-order valence-corrected chi connectivity index (χ0v) is 16.8. The molecule has 0 aromatic heterocycles. The van der Waals surface area contributed by atoms with Gasteiger partial charge < -0.3 is 12.3 Å². The normalized spacial score (nSPS) is 34.0.